The maximum absolute atomic E-state index is 5.86. The summed E-state index contributed by atoms with van der Waals surface area (Å²) in [6.45, 7) is 3.84. The van der Waals surface area contributed by atoms with Gasteiger partial charge in [0.2, 0.25) is 17.5 Å². The van der Waals surface area contributed by atoms with Gasteiger partial charge in [-0.05, 0) is 19.1 Å². The molecular weight excluding hydrogens is 322 g/mol. The maximum Gasteiger partial charge on any atom is 0.231 e. The number of hydrogen-bond acceptors (Lipinski definition) is 7. The number of hydrogen-bond donors (Lipinski definition) is 1. The van der Waals surface area contributed by atoms with Crippen LogP contribution < -0.4 is 19.9 Å². The molecule has 0 amide bonds. The SMILES string of the molecule is COc1cc(-c2noc(C(C)C(C)N)n2)cc(OC)c1OC.Cl. The van der Waals surface area contributed by atoms with Gasteiger partial charge >= 0.3 is 0 Å². The zero-order chi connectivity index (χ0) is 16.3. The third-order valence-corrected chi connectivity index (χ3v) is 3.54. The summed E-state index contributed by atoms with van der Waals surface area (Å²) in [5, 5.41) is 4.00. The van der Waals surface area contributed by atoms with E-state index in [-0.39, 0.29) is 24.4 Å². The molecule has 0 aliphatic rings. The van der Waals surface area contributed by atoms with Crippen LogP contribution in [0, 0.1) is 0 Å². The van der Waals surface area contributed by atoms with Crippen molar-refractivity contribution in [1.29, 1.82) is 0 Å². The molecule has 0 saturated heterocycles. The quantitative estimate of drug-likeness (QED) is 0.861. The molecule has 0 spiro atoms. The second-order valence-electron chi connectivity index (χ2n) is 5.02. The summed E-state index contributed by atoms with van der Waals surface area (Å²) in [7, 11) is 4.67. The summed E-state index contributed by atoms with van der Waals surface area (Å²) in [6, 6.07) is 3.47. The number of benzene rings is 1. The molecule has 1 aromatic carbocycles. The Balaban J connectivity index is 0.00000264. The maximum atomic E-state index is 5.86. The summed E-state index contributed by atoms with van der Waals surface area (Å²) in [6.07, 6.45) is 0. The molecule has 1 aromatic heterocycles. The average molecular weight is 344 g/mol. The van der Waals surface area contributed by atoms with Crippen molar-refractivity contribution in [3.63, 3.8) is 0 Å². The van der Waals surface area contributed by atoms with Gasteiger partial charge < -0.3 is 24.5 Å². The Bertz CT molecular complexity index is 620. The lowest BCUT2D eigenvalue weighted by Gasteiger charge is -2.12. The highest BCUT2D eigenvalue weighted by Crippen LogP contribution is 2.40. The van der Waals surface area contributed by atoms with Crippen molar-refractivity contribution >= 4 is 12.4 Å². The molecule has 0 saturated carbocycles. The van der Waals surface area contributed by atoms with Crippen molar-refractivity contribution in [3.05, 3.63) is 18.0 Å². The summed E-state index contributed by atoms with van der Waals surface area (Å²) < 4.78 is 21.2. The molecule has 128 valence electrons. The number of halogens is 1. The van der Waals surface area contributed by atoms with E-state index in [9.17, 15) is 0 Å². The second-order valence-corrected chi connectivity index (χ2v) is 5.02. The number of nitrogens with two attached hydrogens (primary N) is 1. The van der Waals surface area contributed by atoms with Crippen molar-refractivity contribution in [2.75, 3.05) is 21.3 Å². The number of aromatic nitrogens is 2. The average Bonchev–Trinajstić information content (AvgIpc) is 3.02. The minimum Gasteiger partial charge on any atom is -0.493 e. The monoisotopic (exact) mass is 343 g/mol. The van der Waals surface area contributed by atoms with Crippen molar-refractivity contribution in [1.82, 2.24) is 10.1 Å². The van der Waals surface area contributed by atoms with Gasteiger partial charge in [0, 0.05) is 11.6 Å². The molecule has 2 rings (SSSR count). The summed E-state index contributed by atoms with van der Waals surface area (Å²) in [4.78, 5) is 4.40. The molecule has 2 aromatic rings. The van der Waals surface area contributed by atoms with Crippen LogP contribution in [0.1, 0.15) is 25.7 Å². The van der Waals surface area contributed by atoms with Gasteiger partial charge in [-0.3, -0.25) is 0 Å². The summed E-state index contributed by atoms with van der Waals surface area (Å²) in [5.41, 5.74) is 6.57. The van der Waals surface area contributed by atoms with E-state index >= 15 is 0 Å². The predicted octanol–water partition coefficient (Wildman–Crippen LogP) is 2.63. The van der Waals surface area contributed by atoms with Crippen LogP contribution in [0.3, 0.4) is 0 Å². The van der Waals surface area contributed by atoms with Gasteiger partial charge in [0.05, 0.1) is 27.2 Å². The molecule has 7 nitrogen and oxygen atoms in total. The first-order valence-corrected chi connectivity index (χ1v) is 6.91. The zero-order valence-electron chi connectivity index (χ0n) is 13.8. The third-order valence-electron chi connectivity index (χ3n) is 3.54. The van der Waals surface area contributed by atoms with Gasteiger partial charge in [-0.1, -0.05) is 12.1 Å². The van der Waals surface area contributed by atoms with Crippen molar-refractivity contribution < 1.29 is 18.7 Å². The van der Waals surface area contributed by atoms with E-state index in [1.165, 1.54) is 0 Å². The lowest BCUT2D eigenvalue weighted by molar-refractivity contribution is 0.324. The zero-order valence-corrected chi connectivity index (χ0v) is 14.6. The Hall–Kier alpha value is -1.99. The first kappa shape index (κ1) is 19.1. The Labute approximate surface area is 141 Å². The fourth-order valence-electron chi connectivity index (χ4n) is 1.97. The first-order chi connectivity index (χ1) is 10.5. The molecule has 0 fully saturated rings. The van der Waals surface area contributed by atoms with Crippen molar-refractivity contribution in [2.24, 2.45) is 5.73 Å². The predicted molar refractivity (Wildman–Crippen MR) is 88.7 cm³/mol. The number of rotatable bonds is 6. The fourth-order valence-corrected chi connectivity index (χ4v) is 1.97. The van der Waals surface area contributed by atoms with Gasteiger partial charge in [0.25, 0.3) is 0 Å². The van der Waals surface area contributed by atoms with Crippen molar-refractivity contribution in [3.8, 4) is 28.6 Å². The Morgan fingerprint density at radius 2 is 1.61 bits per heavy atom. The summed E-state index contributed by atoms with van der Waals surface area (Å²) >= 11 is 0. The van der Waals surface area contributed by atoms with Gasteiger partial charge in [0.15, 0.2) is 11.5 Å². The molecule has 1 heterocycles. The van der Waals surface area contributed by atoms with Gasteiger partial charge in [0.1, 0.15) is 0 Å². The Morgan fingerprint density at radius 1 is 1.04 bits per heavy atom. The van der Waals surface area contributed by atoms with Crippen LogP contribution in [0.25, 0.3) is 11.4 Å². The van der Waals surface area contributed by atoms with E-state index in [2.05, 4.69) is 10.1 Å². The van der Waals surface area contributed by atoms with Crippen LogP contribution in [-0.2, 0) is 0 Å². The van der Waals surface area contributed by atoms with E-state index in [0.29, 0.717) is 34.5 Å². The van der Waals surface area contributed by atoms with Crippen LogP contribution >= 0.6 is 12.4 Å². The molecule has 0 bridgehead atoms. The highest BCUT2D eigenvalue weighted by Gasteiger charge is 2.21. The standard InChI is InChI=1S/C15H21N3O4.ClH/c1-8(9(2)16)15-17-14(18-22-15)10-6-11(19-3)13(21-5)12(7-10)20-4;/h6-9H,16H2,1-5H3;1H. The topological polar surface area (TPSA) is 92.6 Å². The van der Waals surface area contributed by atoms with Gasteiger partial charge in [-0.15, -0.1) is 12.4 Å². The molecule has 0 aliphatic carbocycles. The molecule has 2 N–H and O–H groups in total. The van der Waals surface area contributed by atoms with E-state index in [0.717, 1.165) is 0 Å². The fraction of sp³-hybridized carbons (Fsp3) is 0.467. The van der Waals surface area contributed by atoms with E-state index in [1.807, 2.05) is 13.8 Å². The third kappa shape index (κ3) is 3.86. The molecule has 23 heavy (non-hydrogen) atoms. The summed E-state index contributed by atoms with van der Waals surface area (Å²) in [5.74, 6) is 2.50. The normalized spacial score (nSPS) is 13.0. The number of methoxy groups -OCH3 is 3. The highest BCUT2D eigenvalue weighted by molar-refractivity contribution is 5.85. The van der Waals surface area contributed by atoms with E-state index in [4.69, 9.17) is 24.5 Å². The molecule has 2 atom stereocenters. The Morgan fingerprint density at radius 3 is 2.04 bits per heavy atom. The molecule has 0 radical (unpaired) electrons. The lowest BCUT2D eigenvalue weighted by atomic mass is 10.1. The minimum atomic E-state index is -0.0757. The lowest BCUT2D eigenvalue weighted by Crippen LogP contribution is -2.22. The van der Waals surface area contributed by atoms with Crippen LogP contribution in [0.5, 0.6) is 17.2 Å². The van der Waals surface area contributed by atoms with Gasteiger partial charge in [-0.25, -0.2) is 0 Å². The van der Waals surface area contributed by atoms with Crippen LogP contribution in [-0.4, -0.2) is 37.5 Å². The van der Waals surface area contributed by atoms with E-state index in [1.54, 1.807) is 33.5 Å². The highest BCUT2D eigenvalue weighted by atomic mass is 35.5. The first-order valence-electron chi connectivity index (χ1n) is 6.91. The Kier molecular flexibility index (Phi) is 6.65. The minimum absolute atomic E-state index is 0. The van der Waals surface area contributed by atoms with Crippen molar-refractivity contribution in [2.45, 2.75) is 25.8 Å². The van der Waals surface area contributed by atoms with E-state index < -0.39 is 0 Å². The van der Waals surface area contributed by atoms with Crippen LogP contribution in [0.15, 0.2) is 16.7 Å². The molecule has 2 unspecified atom stereocenters. The number of ether oxygens (including phenoxy) is 3. The molecule has 0 aliphatic heterocycles. The van der Waals surface area contributed by atoms with Crippen LogP contribution in [0.2, 0.25) is 0 Å². The molecular formula is C15H22ClN3O4. The van der Waals surface area contributed by atoms with Gasteiger partial charge in [-0.2, -0.15) is 4.98 Å². The largest absolute Gasteiger partial charge is 0.493 e. The molecule has 8 heteroatoms. The van der Waals surface area contributed by atoms with Crippen LogP contribution in [0.4, 0.5) is 0 Å². The number of nitrogens with zero attached hydrogens (tertiary/aromatic N) is 2. The smallest absolute Gasteiger partial charge is 0.231 e. The second kappa shape index (κ2) is 8.03.